The van der Waals surface area contributed by atoms with Gasteiger partial charge in [-0.05, 0) is 48.9 Å². The van der Waals surface area contributed by atoms with E-state index in [0.29, 0.717) is 10.6 Å². The highest BCUT2D eigenvalue weighted by atomic mass is 35.5. The summed E-state index contributed by atoms with van der Waals surface area (Å²) in [5, 5.41) is 6.87. The van der Waals surface area contributed by atoms with E-state index in [1.54, 1.807) is 24.3 Å². The molecule has 0 bridgehead atoms. The van der Waals surface area contributed by atoms with Gasteiger partial charge in [0.1, 0.15) is 0 Å². The lowest BCUT2D eigenvalue weighted by atomic mass is 9.95. The van der Waals surface area contributed by atoms with Gasteiger partial charge >= 0.3 is 0 Å². The summed E-state index contributed by atoms with van der Waals surface area (Å²) in [6, 6.07) is 14.7. The molecule has 126 valence electrons. The molecular formula is C19H21ClN2O2. The lowest BCUT2D eigenvalue weighted by Crippen LogP contribution is -2.48. The summed E-state index contributed by atoms with van der Waals surface area (Å²) in [6.45, 7) is 4.62. The molecule has 1 fully saturated rings. The molecule has 1 atom stereocenters. The smallest absolute Gasteiger partial charge is 0.255 e. The number of amides is 1. The quantitative estimate of drug-likeness (QED) is 0.892. The Balaban J connectivity index is 1.62. The summed E-state index contributed by atoms with van der Waals surface area (Å²) in [4.78, 5) is 12.2. The highest BCUT2D eigenvalue weighted by Crippen LogP contribution is 2.21. The van der Waals surface area contributed by atoms with Gasteiger partial charge in [0, 0.05) is 35.8 Å². The van der Waals surface area contributed by atoms with Crippen molar-refractivity contribution >= 4 is 23.2 Å². The number of ether oxygens (including phenoxy) is 1. The van der Waals surface area contributed by atoms with Crippen molar-refractivity contribution in [2.45, 2.75) is 18.9 Å². The first-order valence-electron chi connectivity index (χ1n) is 8.05. The third-order valence-corrected chi connectivity index (χ3v) is 4.38. The number of anilines is 1. The van der Waals surface area contributed by atoms with Crippen LogP contribution in [0, 0.1) is 0 Å². The van der Waals surface area contributed by atoms with Crippen LogP contribution in [0.3, 0.4) is 0 Å². The molecule has 1 aliphatic heterocycles. The van der Waals surface area contributed by atoms with E-state index >= 15 is 0 Å². The van der Waals surface area contributed by atoms with Crippen LogP contribution in [0.4, 0.5) is 5.69 Å². The number of halogens is 1. The van der Waals surface area contributed by atoms with Gasteiger partial charge in [-0.1, -0.05) is 23.7 Å². The molecule has 0 unspecified atom stereocenters. The second kappa shape index (κ2) is 7.34. The Morgan fingerprint density at radius 1 is 1.21 bits per heavy atom. The minimum atomic E-state index is -0.174. The lowest BCUT2D eigenvalue weighted by molar-refractivity contribution is -0.0516. The molecule has 24 heavy (non-hydrogen) atoms. The van der Waals surface area contributed by atoms with Crippen LogP contribution in [0.1, 0.15) is 22.8 Å². The molecular weight excluding hydrogens is 324 g/mol. The van der Waals surface area contributed by atoms with Crippen molar-refractivity contribution in [2.24, 2.45) is 0 Å². The molecule has 0 spiro atoms. The van der Waals surface area contributed by atoms with Gasteiger partial charge in [0.15, 0.2) is 0 Å². The largest absolute Gasteiger partial charge is 0.372 e. The topological polar surface area (TPSA) is 50.4 Å². The summed E-state index contributed by atoms with van der Waals surface area (Å²) in [7, 11) is 0. The van der Waals surface area contributed by atoms with Crippen LogP contribution in [-0.4, -0.2) is 31.2 Å². The van der Waals surface area contributed by atoms with Crippen LogP contribution in [0.5, 0.6) is 0 Å². The van der Waals surface area contributed by atoms with E-state index in [9.17, 15) is 4.79 Å². The van der Waals surface area contributed by atoms with Crippen molar-refractivity contribution in [1.82, 2.24) is 5.32 Å². The number of carbonyl (C=O) groups is 1. The van der Waals surface area contributed by atoms with Crippen LogP contribution in [0.2, 0.25) is 5.02 Å². The maximum atomic E-state index is 12.2. The van der Waals surface area contributed by atoms with E-state index in [1.165, 1.54) is 5.56 Å². The second-order valence-corrected chi connectivity index (χ2v) is 6.75. The summed E-state index contributed by atoms with van der Waals surface area (Å²) >= 11 is 5.84. The maximum Gasteiger partial charge on any atom is 0.255 e. The minimum Gasteiger partial charge on any atom is -0.372 e. The van der Waals surface area contributed by atoms with Gasteiger partial charge < -0.3 is 15.4 Å². The van der Waals surface area contributed by atoms with Gasteiger partial charge in [-0.3, -0.25) is 4.79 Å². The Labute approximate surface area is 147 Å². The lowest BCUT2D eigenvalue weighted by Gasteiger charge is -2.34. The fraction of sp³-hybridized carbons (Fsp3) is 0.316. The number of morpholine rings is 1. The molecule has 0 aromatic heterocycles. The number of hydrogen-bond acceptors (Lipinski definition) is 3. The summed E-state index contributed by atoms with van der Waals surface area (Å²) in [5.74, 6) is -0.147. The monoisotopic (exact) mass is 344 g/mol. The molecule has 0 saturated carbocycles. The predicted octanol–water partition coefficient (Wildman–Crippen LogP) is 3.51. The number of nitrogens with one attached hydrogen (secondary N) is 2. The second-order valence-electron chi connectivity index (χ2n) is 6.31. The highest BCUT2D eigenvalue weighted by molar-refractivity contribution is 6.30. The van der Waals surface area contributed by atoms with Gasteiger partial charge in [0.2, 0.25) is 0 Å². The standard InChI is InChI=1S/C19H21ClN2O2/c1-19(13-21-10-11-24-19)12-14-2-8-17(9-3-14)22-18(23)15-4-6-16(20)7-5-15/h2-9,21H,10-13H2,1H3,(H,22,23)/t19-/m1/s1. The summed E-state index contributed by atoms with van der Waals surface area (Å²) in [5.41, 5.74) is 2.36. The fourth-order valence-corrected chi connectivity index (χ4v) is 2.96. The zero-order valence-electron chi connectivity index (χ0n) is 13.6. The Hall–Kier alpha value is -1.88. The fourth-order valence-electron chi connectivity index (χ4n) is 2.83. The third kappa shape index (κ3) is 4.35. The van der Waals surface area contributed by atoms with Crippen LogP contribution in [0.15, 0.2) is 48.5 Å². The molecule has 2 aromatic rings. The Morgan fingerprint density at radius 2 is 1.92 bits per heavy atom. The van der Waals surface area contributed by atoms with Gasteiger partial charge in [0.05, 0.1) is 12.2 Å². The molecule has 2 aromatic carbocycles. The zero-order valence-corrected chi connectivity index (χ0v) is 14.4. The van der Waals surface area contributed by atoms with Gasteiger partial charge in [-0.25, -0.2) is 0 Å². The zero-order chi connectivity index (χ0) is 17.0. The van der Waals surface area contributed by atoms with Crippen LogP contribution < -0.4 is 10.6 Å². The molecule has 0 radical (unpaired) electrons. The van der Waals surface area contributed by atoms with Crippen molar-refractivity contribution in [1.29, 1.82) is 0 Å². The molecule has 1 heterocycles. The average Bonchev–Trinajstić information content (AvgIpc) is 2.57. The van der Waals surface area contributed by atoms with E-state index in [0.717, 1.165) is 31.8 Å². The van der Waals surface area contributed by atoms with Gasteiger partial charge in [-0.15, -0.1) is 0 Å². The normalized spacial score (nSPS) is 20.6. The highest BCUT2D eigenvalue weighted by Gasteiger charge is 2.27. The first-order valence-corrected chi connectivity index (χ1v) is 8.42. The van der Waals surface area contributed by atoms with Crippen molar-refractivity contribution in [2.75, 3.05) is 25.0 Å². The van der Waals surface area contributed by atoms with E-state index in [-0.39, 0.29) is 11.5 Å². The predicted molar refractivity (Wildman–Crippen MR) is 96.8 cm³/mol. The number of rotatable bonds is 4. The van der Waals surface area contributed by atoms with E-state index < -0.39 is 0 Å². The molecule has 2 N–H and O–H groups in total. The Morgan fingerprint density at radius 3 is 2.54 bits per heavy atom. The molecule has 5 heteroatoms. The molecule has 1 aliphatic rings. The number of benzene rings is 2. The molecule has 3 rings (SSSR count). The molecule has 0 aliphatic carbocycles. The van der Waals surface area contributed by atoms with Crippen LogP contribution in [-0.2, 0) is 11.2 Å². The first-order chi connectivity index (χ1) is 11.5. The molecule has 1 amide bonds. The van der Waals surface area contributed by atoms with Crippen molar-refractivity contribution in [3.8, 4) is 0 Å². The number of carbonyl (C=O) groups excluding carboxylic acids is 1. The van der Waals surface area contributed by atoms with Crippen LogP contribution >= 0.6 is 11.6 Å². The summed E-state index contributed by atoms with van der Waals surface area (Å²) < 4.78 is 5.89. The third-order valence-electron chi connectivity index (χ3n) is 4.12. The Kier molecular flexibility index (Phi) is 5.19. The number of hydrogen-bond donors (Lipinski definition) is 2. The van der Waals surface area contributed by atoms with Crippen LogP contribution in [0.25, 0.3) is 0 Å². The minimum absolute atomic E-state index is 0.147. The molecule has 4 nitrogen and oxygen atoms in total. The van der Waals surface area contributed by atoms with E-state index in [4.69, 9.17) is 16.3 Å². The Bertz CT molecular complexity index is 692. The van der Waals surface area contributed by atoms with E-state index in [1.807, 2.05) is 24.3 Å². The van der Waals surface area contributed by atoms with Crippen molar-refractivity contribution in [3.05, 3.63) is 64.7 Å². The molecule has 1 saturated heterocycles. The van der Waals surface area contributed by atoms with Crippen molar-refractivity contribution in [3.63, 3.8) is 0 Å². The van der Waals surface area contributed by atoms with Crippen molar-refractivity contribution < 1.29 is 9.53 Å². The average molecular weight is 345 g/mol. The first kappa shape index (κ1) is 17.0. The maximum absolute atomic E-state index is 12.2. The van der Waals surface area contributed by atoms with E-state index in [2.05, 4.69) is 17.6 Å². The SMILES string of the molecule is C[C@@]1(Cc2ccc(NC(=O)c3ccc(Cl)cc3)cc2)CNCCO1. The van der Waals surface area contributed by atoms with Gasteiger partial charge in [0.25, 0.3) is 5.91 Å². The summed E-state index contributed by atoms with van der Waals surface area (Å²) in [6.07, 6.45) is 0.839. The van der Waals surface area contributed by atoms with Gasteiger partial charge in [-0.2, -0.15) is 0 Å².